The van der Waals surface area contributed by atoms with E-state index in [2.05, 4.69) is 42.4 Å². The summed E-state index contributed by atoms with van der Waals surface area (Å²) in [4.78, 5) is 12.4. The molecule has 3 aromatic carbocycles. The Balaban J connectivity index is 1.42. The van der Waals surface area contributed by atoms with Gasteiger partial charge in [-0.15, -0.1) is 0 Å². The van der Waals surface area contributed by atoms with Gasteiger partial charge in [-0.05, 0) is 70.0 Å². The third-order valence-electron chi connectivity index (χ3n) is 4.73. The van der Waals surface area contributed by atoms with Gasteiger partial charge in [-0.2, -0.15) is 5.10 Å². The average Bonchev–Trinajstić information content (AvgIpc) is 3.23. The Kier molecular flexibility index (Phi) is 7.83. The van der Waals surface area contributed by atoms with Crippen molar-refractivity contribution in [1.82, 2.24) is 5.43 Å². The normalized spacial score (nSPS) is 11.2. The minimum atomic E-state index is -0.470. The molecule has 0 spiro atoms. The lowest BCUT2D eigenvalue weighted by Crippen LogP contribution is -2.16. The maximum atomic E-state index is 12.4. The molecule has 4 rings (SSSR count). The number of furan rings is 1. The number of nitrogens with zero attached hydrogens (tertiary/aromatic N) is 1. The minimum absolute atomic E-state index is 0.146. The molecule has 4 aromatic rings. The highest BCUT2D eigenvalue weighted by molar-refractivity contribution is 9.11. The first-order valence-electron chi connectivity index (χ1n) is 9.81. The SMILES string of the molecule is COc1cc(/C=N\NC(=O)c2cc3cc(Br)cc(Br)c3o2)ccc1OCc1ccc(Cl)cc1Cl. The molecule has 0 aliphatic heterocycles. The second kappa shape index (κ2) is 10.8. The van der Waals surface area contributed by atoms with Crippen molar-refractivity contribution in [2.45, 2.75) is 6.61 Å². The van der Waals surface area contributed by atoms with Gasteiger partial charge in [0.2, 0.25) is 0 Å². The molecule has 1 aromatic heterocycles. The number of hydrogen-bond donors (Lipinski definition) is 1. The number of ether oxygens (including phenoxy) is 2. The number of fused-ring (bicyclic) bond motifs is 1. The zero-order valence-corrected chi connectivity index (χ0v) is 22.3. The first-order valence-corrected chi connectivity index (χ1v) is 12.1. The first-order chi connectivity index (χ1) is 16.3. The molecular formula is C24H16Br2Cl2N2O4. The number of hydrogen-bond acceptors (Lipinski definition) is 5. The zero-order chi connectivity index (χ0) is 24.2. The summed E-state index contributed by atoms with van der Waals surface area (Å²) < 4.78 is 18.5. The summed E-state index contributed by atoms with van der Waals surface area (Å²) >= 11 is 19.0. The molecule has 1 N–H and O–H groups in total. The molecule has 0 aliphatic rings. The topological polar surface area (TPSA) is 73.1 Å². The number of amides is 1. The van der Waals surface area contributed by atoms with Crippen LogP contribution in [0.2, 0.25) is 10.0 Å². The molecule has 0 saturated heterocycles. The van der Waals surface area contributed by atoms with E-state index in [-0.39, 0.29) is 12.4 Å². The maximum absolute atomic E-state index is 12.4. The first kappa shape index (κ1) is 24.6. The molecule has 0 unspecified atom stereocenters. The second-order valence-corrected chi connectivity index (χ2v) is 9.66. The van der Waals surface area contributed by atoms with E-state index in [0.717, 1.165) is 19.9 Å². The molecule has 6 nitrogen and oxygen atoms in total. The smallest absolute Gasteiger partial charge is 0.307 e. The number of hydrazone groups is 1. The fraction of sp³-hybridized carbons (Fsp3) is 0.0833. The lowest BCUT2D eigenvalue weighted by atomic mass is 10.2. The number of halogens is 4. The highest BCUT2D eigenvalue weighted by atomic mass is 79.9. The molecule has 0 fully saturated rings. The number of carbonyl (C=O) groups excluding carboxylic acids is 1. The maximum Gasteiger partial charge on any atom is 0.307 e. The van der Waals surface area contributed by atoms with Crippen molar-refractivity contribution < 1.29 is 18.7 Å². The molecule has 0 atom stereocenters. The van der Waals surface area contributed by atoms with Gasteiger partial charge < -0.3 is 13.9 Å². The fourth-order valence-corrected chi connectivity index (χ4v) is 4.89. The second-order valence-electron chi connectivity index (χ2n) is 7.05. The van der Waals surface area contributed by atoms with Crippen LogP contribution in [0.4, 0.5) is 0 Å². The number of carbonyl (C=O) groups is 1. The molecule has 1 amide bonds. The largest absolute Gasteiger partial charge is 0.493 e. The average molecular weight is 627 g/mol. The summed E-state index contributed by atoms with van der Waals surface area (Å²) in [5.41, 5.74) is 4.54. The van der Waals surface area contributed by atoms with Crippen molar-refractivity contribution in [3.63, 3.8) is 0 Å². The van der Waals surface area contributed by atoms with Crippen LogP contribution < -0.4 is 14.9 Å². The fourth-order valence-electron chi connectivity index (χ4n) is 3.09. The van der Waals surface area contributed by atoms with Crippen LogP contribution in [0.25, 0.3) is 11.0 Å². The summed E-state index contributed by atoms with van der Waals surface area (Å²) in [6.45, 7) is 0.250. The molecule has 0 saturated carbocycles. The molecule has 0 radical (unpaired) electrons. The molecule has 0 aliphatic carbocycles. The van der Waals surface area contributed by atoms with Crippen LogP contribution in [0, 0.1) is 0 Å². The Morgan fingerprint density at radius 1 is 1.09 bits per heavy atom. The summed E-state index contributed by atoms with van der Waals surface area (Å²) in [6, 6.07) is 15.9. The minimum Gasteiger partial charge on any atom is -0.493 e. The van der Waals surface area contributed by atoms with Crippen molar-refractivity contribution in [3.8, 4) is 11.5 Å². The van der Waals surface area contributed by atoms with Gasteiger partial charge in [0.05, 0.1) is 17.8 Å². The number of nitrogens with one attached hydrogen (secondary N) is 1. The molecule has 34 heavy (non-hydrogen) atoms. The van der Waals surface area contributed by atoms with Crippen LogP contribution in [0.15, 0.2) is 73.1 Å². The standard InChI is InChI=1S/C24H16Br2Cl2N2O4/c1-32-21-6-13(2-5-20(21)33-12-14-3-4-17(27)10-19(14)28)11-29-30-24(31)22-8-15-7-16(25)9-18(26)23(15)34-22/h2-11H,12H2,1H3,(H,30,31)/b29-11-. The third kappa shape index (κ3) is 5.75. The summed E-state index contributed by atoms with van der Waals surface area (Å²) in [6.07, 6.45) is 1.50. The number of methoxy groups -OCH3 is 1. The van der Waals surface area contributed by atoms with Crippen molar-refractivity contribution in [1.29, 1.82) is 0 Å². The molecule has 10 heteroatoms. The lowest BCUT2D eigenvalue weighted by Gasteiger charge is -2.12. The van der Waals surface area contributed by atoms with Gasteiger partial charge in [0.15, 0.2) is 17.3 Å². The van der Waals surface area contributed by atoms with Crippen LogP contribution in [-0.2, 0) is 6.61 Å². The lowest BCUT2D eigenvalue weighted by molar-refractivity contribution is 0.0929. The van der Waals surface area contributed by atoms with Gasteiger partial charge in [0.1, 0.15) is 12.2 Å². The van der Waals surface area contributed by atoms with E-state index in [1.54, 1.807) is 42.5 Å². The predicted molar refractivity (Wildman–Crippen MR) is 140 cm³/mol. The Labute approximate surface area is 222 Å². The Bertz CT molecular complexity index is 1410. The van der Waals surface area contributed by atoms with E-state index < -0.39 is 5.91 Å². The van der Waals surface area contributed by atoms with Crippen LogP contribution >= 0.6 is 55.1 Å². The van der Waals surface area contributed by atoms with Crippen molar-refractivity contribution in [2.24, 2.45) is 5.10 Å². The molecule has 174 valence electrons. The Morgan fingerprint density at radius 2 is 1.91 bits per heavy atom. The van der Waals surface area contributed by atoms with Crippen molar-refractivity contribution >= 4 is 78.2 Å². The summed E-state index contributed by atoms with van der Waals surface area (Å²) in [7, 11) is 1.54. The summed E-state index contributed by atoms with van der Waals surface area (Å²) in [5.74, 6) is 0.720. The van der Waals surface area contributed by atoms with Crippen LogP contribution in [0.3, 0.4) is 0 Å². The van der Waals surface area contributed by atoms with Crippen molar-refractivity contribution in [3.05, 3.63) is 90.5 Å². The van der Waals surface area contributed by atoms with E-state index in [4.69, 9.17) is 37.1 Å². The third-order valence-corrected chi connectivity index (χ3v) is 6.36. The van der Waals surface area contributed by atoms with Gasteiger partial charge in [-0.25, -0.2) is 5.43 Å². The predicted octanol–water partition coefficient (Wildman–Crippen LogP) is 7.62. The van der Waals surface area contributed by atoms with Gasteiger partial charge in [0.25, 0.3) is 0 Å². The van der Waals surface area contributed by atoms with Gasteiger partial charge in [-0.1, -0.05) is 45.2 Å². The van der Waals surface area contributed by atoms with Crippen LogP contribution in [0.1, 0.15) is 21.7 Å². The van der Waals surface area contributed by atoms with E-state index in [0.29, 0.717) is 32.7 Å². The van der Waals surface area contributed by atoms with E-state index in [1.807, 2.05) is 12.1 Å². The van der Waals surface area contributed by atoms with E-state index >= 15 is 0 Å². The quantitative estimate of drug-likeness (QED) is 0.169. The van der Waals surface area contributed by atoms with Crippen molar-refractivity contribution in [2.75, 3.05) is 7.11 Å². The molecule has 0 bridgehead atoms. The zero-order valence-electron chi connectivity index (χ0n) is 17.6. The highest BCUT2D eigenvalue weighted by Gasteiger charge is 2.14. The van der Waals surface area contributed by atoms with Gasteiger partial charge in [-0.3, -0.25) is 4.79 Å². The highest BCUT2D eigenvalue weighted by Crippen LogP contribution is 2.31. The number of rotatable bonds is 7. The summed E-state index contributed by atoms with van der Waals surface area (Å²) in [5, 5.41) is 5.88. The van der Waals surface area contributed by atoms with Crippen LogP contribution in [0.5, 0.6) is 11.5 Å². The monoisotopic (exact) mass is 624 g/mol. The van der Waals surface area contributed by atoms with Gasteiger partial charge in [0, 0.05) is 25.5 Å². The number of benzene rings is 3. The van der Waals surface area contributed by atoms with E-state index in [9.17, 15) is 4.79 Å². The molecule has 1 heterocycles. The Morgan fingerprint density at radius 3 is 2.68 bits per heavy atom. The van der Waals surface area contributed by atoms with Gasteiger partial charge >= 0.3 is 5.91 Å². The van der Waals surface area contributed by atoms with Crippen LogP contribution in [-0.4, -0.2) is 19.2 Å². The molecular weight excluding hydrogens is 611 g/mol. The Hall–Kier alpha value is -2.52. The van der Waals surface area contributed by atoms with E-state index in [1.165, 1.54) is 13.3 Å².